The number of carbonyl (C=O) groups is 1. The van der Waals surface area contributed by atoms with Crippen molar-refractivity contribution in [2.24, 2.45) is 0 Å². The lowest BCUT2D eigenvalue weighted by atomic mass is 10.0. The summed E-state index contributed by atoms with van der Waals surface area (Å²) in [5.74, 6) is 1.35. The second-order valence-electron chi connectivity index (χ2n) is 3.90. The quantitative estimate of drug-likeness (QED) is 0.872. The number of amides is 1. The van der Waals surface area contributed by atoms with Gasteiger partial charge in [0.05, 0.1) is 20.3 Å². The third-order valence-corrected chi connectivity index (χ3v) is 2.74. The summed E-state index contributed by atoms with van der Waals surface area (Å²) < 4.78 is 15.6. The van der Waals surface area contributed by atoms with Gasteiger partial charge in [-0.3, -0.25) is 0 Å². The van der Waals surface area contributed by atoms with E-state index in [4.69, 9.17) is 14.2 Å². The molecule has 0 spiro atoms. The number of ether oxygens (including phenoxy) is 3. The Labute approximate surface area is 99.7 Å². The lowest BCUT2D eigenvalue weighted by Crippen LogP contribution is -2.23. The van der Waals surface area contributed by atoms with Gasteiger partial charge in [-0.05, 0) is 19.1 Å². The summed E-state index contributed by atoms with van der Waals surface area (Å²) in [5.41, 5.74) is 0.854. The molecule has 1 aliphatic rings. The minimum atomic E-state index is -0.399. The molecule has 92 valence electrons. The molecule has 5 heteroatoms. The zero-order valence-corrected chi connectivity index (χ0v) is 10.0. The van der Waals surface area contributed by atoms with Crippen LogP contribution in [-0.4, -0.2) is 26.4 Å². The maximum Gasteiger partial charge on any atom is 0.408 e. The number of cyclic esters (lactones) is 1. The summed E-state index contributed by atoms with van der Waals surface area (Å²) in [5, 5.41) is 2.70. The van der Waals surface area contributed by atoms with Crippen molar-refractivity contribution < 1.29 is 19.0 Å². The molecule has 0 bridgehead atoms. The van der Waals surface area contributed by atoms with Crippen LogP contribution in [0.2, 0.25) is 0 Å². The first-order chi connectivity index (χ1) is 8.13. The van der Waals surface area contributed by atoms with Crippen molar-refractivity contribution in [1.29, 1.82) is 0 Å². The van der Waals surface area contributed by atoms with Crippen molar-refractivity contribution in [3.8, 4) is 11.5 Å². The number of hydrogen-bond donors (Lipinski definition) is 1. The average molecular weight is 237 g/mol. The molecule has 5 nitrogen and oxygen atoms in total. The Bertz CT molecular complexity index is 410. The number of nitrogens with one attached hydrogen (secondary N) is 1. The van der Waals surface area contributed by atoms with Gasteiger partial charge in [0.15, 0.2) is 0 Å². The van der Waals surface area contributed by atoms with Gasteiger partial charge in [0, 0.05) is 11.6 Å². The molecule has 1 saturated heterocycles. The maximum absolute atomic E-state index is 11.2. The first-order valence-electron chi connectivity index (χ1n) is 5.34. The number of benzene rings is 1. The Kier molecular flexibility index (Phi) is 3.08. The lowest BCUT2D eigenvalue weighted by molar-refractivity contribution is 0.133. The van der Waals surface area contributed by atoms with Crippen LogP contribution in [0.4, 0.5) is 4.79 Å². The van der Waals surface area contributed by atoms with Gasteiger partial charge in [-0.15, -0.1) is 0 Å². The second kappa shape index (κ2) is 4.53. The molecule has 1 aliphatic heterocycles. The number of hydrogen-bond acceptors (Lipinski definition) is 4. The summed E-state index contributed by atoms with van der Waals surface area (Å²) in [6.45, 7) is 1.89. The van der Waals surface area contributed by atoms with Crippen LogP contribution in [0.15, 0.2) is 18.2 Å². The molecule has 0 radical (unpaired) electrons. The Morgan fingerprint density at radius 3 is 2.18 bits per heavy atom. The van der Waals surface area contributed by atoms with E-state index < -0.39 is 6.09 Å². The van der Waals surface area contributed by atoms with E-state index in [0.717, 1.165) is 5.56 Å². The molecule has 1 aromatic carbocycles. The van der Waals surface area contributed by atoms with Gasteiger partial charge in [-0.2, -0.15) is 0 Å². The van der Waals surface area contributed by atoms with Crippen LogP contribution in [0.5, 0.6) is 11.5 Å². The molecule has 0 unspecified atom stereocenters. The molecule has 1 N–H and O–H groups in total. The number of rotatable bonds is 3. The Hall–Kier alpha value is -1.91. The molecular formula is C12H15NO4. The molecule has 0 saturated carbocycles. The Morgan fingerprint density at radius 1 is 1.18 bits per heavy atom. The fraction of sp³-hybridized carbons (Fsp3) is 0.417. The standard InChI is InChI=1S/C12H15NO4/c1-7-11(17-12(14)13-7)8-4-9(15-2)6-10(5-8)16-3/h4-7,11H,1-3H3,(H,13,14)/t7-,11-/m0/s1. The molecule has 2 rings (SSSR count). The average Bonchev–Trinajstić information content (AvgIpc) is 2.67. The number of methoxy groups -OCH3 is 2. The zero-order chi connectivity index (χ0) is 12.4. The van der Waals surface area contributed by atoms with Gasteiger partial charge < -0.3 is 19.5 Å². The molecule has 1 heterocycles. The highest BCUT2D eigenvalue weighted by Gasteiger charge is 2.32. The van der Waals surface area contributed by atoms with Gasteiger partial charge >= 0.3 is 6.09 Å². The highest BCUT2D eigenvalue weighted by molar-refractivity contribution is 5.70. The third kappa shape index (κ3) is 2.27. The van der Waals surface area contributed by atoms with E-state index in [1.54, 1.807) is 20.3 Å². The maximum atomic E-state index is 11.2. The first kappa shape index (κ1) is 11.6. The molecule has 17 heavy (non-hydrogen) atoms. The predicted molar refractivity (Wildman–Crippen MR) is 61.4 cm³/mol. The summed E-state index contributed by atoms with van der Waals surface area (Å²) >= 11 is 0. The second-order valence-corrected chi connectivity index (χ2v) is 3.90. The number of alkyl carbamates (subject to hydrolysis) is 1. The third-order valence-electron chi connectivity index (χ3n) is 2.74. The van der Waals surface area contributed by atoms with Gasteiger partial charge in [0.25, 0.3) is 0 Å². The van der Waals surface area contributed by atoms with Crippen LogP contribution in [0.1, 0.15) is 18.6 Å². The van der Waals surface area contributed by atoms with E-state index >= 15 is 0 Å². The molecule has 1 amide bonds. The van der Waals surface area contributed by atoms with E-state index in [2.05, 4.69) is 5.32 Å². The minimum absolute atomic E-state index is 0.0701. The molecule has 1 fully saturated rings. The fourth-order valence-electron chi connectivity index (χ4n) is 1.86. The topological polar surface area (TPSA) is 56.8 Å². The zero-order valence-electron chi connectivity index (χ0n) is 10.0. The molecule has 0 aliphatic carbocycles. The van der Waals surface area contributed by atoms with Crippen molar-refractivity contribution in [1.82, 2.24) is 5.32 Å². The van der Waals surface area contributed by atoms with Gasteiger partial charge in [0.1, 0.15) is 17.6 Å². The van der Waals surface area contributed by atoms with E-state index in [-0.39, 0.29) is 12.1 Å². The monoisotopic (exact) mass is 237 g/mol. The van der Waals surface area contributed by atoms with Crippen molar-refractivity contribution >= 4 is 6.09 Å². The molecule has 2 atom stereocenters. The normalized spacial score (nSPS) is 22.9. The lowest BCUT2D eigenvalue weighted by Gasteiger charge is -2.15. The SMILES string of the molecule is COc1cc(OC)cc([C@H]2OC(=O)N[C@H]2C)c1. The Morgan fingerprint density at radius 2 is 1.76 bits per heavy atom. The first-order valence-corrected chi connectivity index (χ1v) is 5.34. The van der Waals surface area contributed by atoms with Crippen molar-refractivity contribution in [2.45, 2.75) is 19.1 Å². The highest BCUT2D eigenvalue weighted by atomic mass is 16.6. The molecule has 1 aromatic rings. The van der Waals surface area contributed by atoms with Gasteiger partial charge in [0.2, 0.25) is 0 Å². The molecular weight excluding hydrogens is 222 g/mol. The smallest absolute Gasteiger partial charge is 0.408 e. The fourth-order valence-corrected chi connectivity index (χ4v) is 1.86. The molecule has 0 aromatic heterocycles. The van der Waals surface area contributed by atoms with Crippen LogP contribution < -0.4 is 14.8 Å². The summed E-state index contributed by atoms with van der Waals surface area (Å²) in [6, 6.07) is 5.38. The summed E-state index contributed by atoms with van der Waals surface area (Å²) in [4.78, 5) is 11.2. The van der Waals surface area contributed by atoms with E-state index in [0.29, 0.717) is 11.5 Å². The van der Waals surface area contributed by atoms with Crippen molar-refractivity contribution in [3.05, 3.63) is 23.8 Å². The van der Waals surface area contributed by atoms with Crippen LogP contribution >= 0.6 is 0 Å². The van der Waals surface area contributed by atoms with E-state index in [1.165, 1.54) is 0 Å². The summed E-state index contributed by atoms with van der Waals surface area (Å²) in [6.07, 6.45) is -0.712. The van der Waals surface area contributed by atoms with E-state index in [1.807, 2.05) is 19.1 Å². The van der Waals surface area contributed by atoms with Crippen molar-refractivity contribution in [3.63, 3.8) is 0 Å². The van der Waals surface area contributed by atoms with E-state index in [9.17, 15) is 4.79 Å². The van der Waals surface area contributed by atoms with Crippen LogP contribution in [0.3, 0.4) is 0 Å². The van der Waals surface area contributed by atoms with Crippen LogP contribution in [-0.2, 0) is 4.74 Å². The summed E-state index contributed by atoms with van der Waals surface area (Å²) in [7, 11) is 3.17. The minimum Gasteiger partial charge on any atom is -0.497 e. The van der Waals surface area contributed by atoms with Gasteiger partial charge in [-0.1, -0.05) is 0 Å². The predicted octanol–water partition coefficient (Wildman–Crippen LogP) is 1.87. The Balaban J connectivity index is 2.34. The highest BCUT2D eigenvalue weighted by Crippen LogP contribution is 2.32. The van der Waals surface area contributed by atoms with Crippen molar-refractivity contribution in [2.75, 3.05) is 14.2 Å². The number of carbonyl (C=O) groups excluding carboxylic acids is 1. The van der Waals surface area contributed by atoms with Gasteiger partial charge in [-0.25, -0.2) is 4.79 Å². The van der Waals surface area contributed by atoms with Crippen LogP contribution in [0, 0.1) is 0 Å². The largest absolute Gasteiger partial charge is 0.497 e. The van der Waals surface area contributed by atoms with Crippen LogP contribution in [0.25, 0.3) is 0 Å².